The molecule has 2 aliphatic heterocycles. The maximum Gasteiger partial charge on any atom is 0.409 e. The molecule has 3 amide bonds. The number of benzene rings is 2. The average molecular weight is 551 g/mol. The summed E-state index contributed by atoms with van der Waals surface area (Å²) in [7, 11) is 3.41. The number of carbonyl (C=O) groups is 2. The zero-order valence-corrected chi connectivity index (χ0v) is 23.0. The van der Waals surface area contributed by atoms with Gasteiger partial charge in [0.25, 0.3) is 0 Å². The van der Waals surface area contributed by atoms with Crippen molar-refractivity contribution in [1.82, 2.24) is 35.3 Å². The fraction of sp³-hybridized carbons (Fsp3) is 0.464. The number of amides is 3. The van der Waals surface area contributed by atoms with Gasteiger partial charge in [-0.05, 0) is 78.9 Å². The second-order valence-corrected chi connectivity index (χ2v) is 11.0. The van der Waals surface area contributed by atoms with Gasteiger partial charge < -0.3 is 20.3 Å². The Balaban J connectivity index is 1.24. The van der Waals surface area contributed by atoms with Crippen LogP contribution in [0.2, 0.25) is 0 Å². The molecule has 40 heavy (non-hydrogen) atoms. The summed E-state index contributed by atoms with van der Waals surface area (Å²) in [4.78, 5) is 29.5. The van der Waals surface area contributed by atoms with E-state index in [2.05, 4.69) is 31.1 Å². The molecular formula is C28H35FN8O3. The minimum Gasteiger partial charge on any atom is -0.442 e. The number of rotatable bonds is 7. The topological polar surface area (TPSA) is 118 Å². The van der Waals surface area contributed by atoms with Crippen molar-refractivity contribution in [3.05, 3.63) is 59.9 Å². The van der Waals surface area contributed by atoms with E-state index in [-0.39, 0.29) is 5.82 Å². The van der Waals surface area contributed by atoms with Crippen LogP contribution in [0.4, 0.5) is 19.7 Å². The summed E-state index contributed by atoms with van der Waals surface area (Å²) in [5.41, 5.74) is 1.63. The van der Waals surface area contributed by atoms with Crippen LogP contribution in [0.25, 0.3) is 11.4 Å². The minimum atomic E-state index is -0.832. The summed E-state index contributed by atoms with van der Waals surface area (Å²) in [5.74, 6) is 0.764. The summed E-state index contributed by atoms with van der Waals surface area (Å²) in [5, 5.41) is 17.5. The predicted molar refractivity (Wildman–Crippen MR) is 147 cm³/mol. The molecule has 3 heterocycles. The number of hydrogen-bond acceptors (Lipinski definition) is 7. The van der Waals surface area contributed by atoms with Gasteiger partial charge in [-0.15, -0.1) is 5.10 Å². The molecule has 3 atom stereocenters. The van der Waals surface area contributed by atoms with Gasteiger partial charge in [-0.25, -0.2) is 18.7 Å². The number of likely N-dealkylation sites (tertiary alicyclic amines) is 1. The molecular weight excluding hydrogens is 515 g/mol. The summed E-state index contributed by atoms with van der Waals surface area (Å²) >= 11 is 0. The molecule has 1 aromatic heterocycles. The van der Waals surface area contributed by atoms with Crippen molar-refractivity contribution in [2.75, 3.05) is 38.5 Å². The number of nitrogens with one attached hydrogen (secondary N) is 2. The molecule has 2 fully saturated rings. The minimum absolute atomic E-state index is 0.232. The molecule has 2 saturated heterocycles. The lowest BCUT2D eigenvalue weighted by molar-refractivity contribution is -0.0411. The van der Waals surface area contributed by atoms with Gasteiger partial charge in [0, 0.05) is 38.4 Å². The Kier molecular flexibility index (Phi) is 7.97. The van der Waals surface area contributed by atoms with Gasteiger partial charge in [-0.1, -0.05) is 24.3 Å². The van der Waals surface area contributed by atoms with E-state index in [1.807, 2.05) is 31.2 Å². The van der Waals surface area contributed by atoms with Gasteiger partial charge in [0.1, 0.15) is 11.9 Å². The number of aromatic nitrogens is 4. The van der Waals surface area contributed by atoms with Crippen molar-refractivity contribution in [3.8, 4) is 11.4 Å². The van der Waals surface area contributed by atoms with Crippen molar-refractivity contribution in [2.45, 2.75) is 37.8 Å². The highest BCUT2D eigenvalue weighted by molar-refractivity contribution is 5.90. The molecule has 2 unspecified atom stereocenters. The number of piperidine rings is 1. The number of tetrazole rings is 1. The molecule has 12 heteroatoms. The summed E-state index contributed by atoms with van der Waals surface area (Å²) < 4.78 is 20.7. The van der Waals surface area contributed by atoms with Gasteiger partial charge in [-0.3, -0.25) is 4.90 Å². The van der Waals surface area contributed by atoms with Crippen LogP contribution < -0.4 is 10.6 Å². The number of anilines is 1. The molecule has 0 spiro atoms. The molecule has 0 radical (unpaired) electrons. The first-order valence-electron chi connectivity index (χ1n) is 13.5. The Labute approximate surface area is 232 Å². The number of urea groups is 1. The fourth-order valence-electron chi connectivity index (χ4n) is 5.66. The lowest BCUT2D eigenvalue weighted by atomic mass is 9.88. The molecule has 0 saturated carbocycles. The second kappa shape index (κ2) is 11.6. The van der Waals surface area contributed by atoms with Crippen molar-refractivity contribution in [3.63, 3.8) is 0 Å². The number of cyclic esters (lactones) is 1. The van der Waals surface area contributed by atoms with Crippen LogP contribution in [0.15, 0.2) is 48.5 Å². The largest absolute Gasteiger partial charge is 0.442 e. The standard InChI is InChI=1S/C28H35FN8O3/c1-28(31-26(38)30-23-8-4-7-21(15-23)25-32-33-34-36(25)3)18-35(2)27(39)40-24(28)17-37-13-5-6-20(16-37)14-19-9-11-22(29)12-10-19/h4,7-12,15,20,24H,5-6,13-14,16-18H2,1-3H3,(H2,30,31,38)/t20-,24?,28?/m0/s1. The van der Waals surface area contributed by atoms with Crippen LogP contribution in [0.3, 0.4) is 0 Å². The van der Waals surface area contributed by atoms with Crippen LogP contribution in [0.1, 0.15) is 25.3 Å². The number of carbonyl (C=O) groups excluding carboxylic acids is 2. The van der Waals surface area contributed by atoms with E-state index in [0.717, 1.165) is 43.5 Å². The molecule has 11 nitrogen and oxygen atoms in total. The van der Waals surface area contributed by atoms with Crippen LogP contribution in [-0.2, 0) is 18.2 Å². The Morgan fingerprint density at radius 1 is 1.20 bits per heavy atom. The van der Waals surface area contributed by atoms with E-state index in [4.69, 9.17) is 4.74 Å². The Morgan fingerprint density at radius 2 is 2.00 bits per heavy atom. The Hall–Kier alpha value is -4.06. The molecule has 5 rings (SSSR count). The van der Waals surface area contributed by atoms with Crippen molar-refractivity contribution in [2.24, 2.45) is 13.0 Å². The highest BCUT2D eigenvalue weighted by Gasteiger charge is 2.46. The molecule has 0 bridgehead atoms. The SMILES string of the molecule is CN1CC(C)(NC(=O)Nc2cccc(-c3nnnn3C)c2)C(CN2CCC[C@@H](Cc3ccc(F)cc3)C2)OC1=O. The van der Waals surface area contributed by atoms with Crippen LogP contribution in [0, 0.1) is 11.7 Å². The number of halogens is 1. The molecule has 2 aromatic carbocycles. The van der Waals surface area contributed by atoms with E-state index in [0.29, 0.717) is 30.5 Å². The smallest absolute Gasteiger partial charge is 0.409 e. The lowest BCUT2D eigenvalue weighted by Crippen LogP contribution is -2.68. The maximum absolute atomic E-state index is 13.3. The number of likely N-dealkylation sites (N-methyl/N-ethyl adjacent to an activating group) is 1. The number of ether oxygens (including phenoxy) is 1. The van der Waals surface area contributed by atoms with Crippen molar-refractivity contribution >= 4 is 17.8 Å². The average Bonchev–Trinajstić information content (AvgIpc) is 3.35. The zero-order chi connectivity index (χ0) is 28.3. The third-order valence-corrected chi connectivity index (χ3v) is 7.69. The quantitative estimate of drug-likeness (QED) is 0.464. The van der Waals surface area contributed by atoms with Gasteiger partial charge in [0.2, 0.25) is 0 Å². The normalized spacial score (nSPS) is 23.5. The van der Waals surface area contributed by atoms with Crippen molar-refractivity contribution in [1.29, 1.82) is 0 Å². The predicted octanol–water partition coefficient (Wildman–Crippen LogP) is 3.30. The zero-order valence-electron chi connectivity index (χ0n) is 23.0. The van der Waals surface area contributed by atoms with E-state index in [1.54, 1.807) is 30.9 Å². The Morgan fingerprint density at radius 3 is 2.75 bits per heavy atom. The van der Waals surface area contributed by atoms with E-state index in [9.17, 15) is 14.0 Å². The Bertz CT molecular complexity index is 1350. The molecule has 3 aromatic rings. The number of hydrogen-bond donors (Lipinski definition) is 2. The monoisotopic (exact) mass is 550 g/mol. The number of aryl methyl sites for hydroxylation is 1. The first kappa shape index (κ1) is 27.5. The van der Waals surface area contributed by atoms with E-state index < -0.39 is 23.8 Å². The molecule has 212 valence electrons. The summed E-state index contributed by atoms with van der Waals surface area (Å²) in [6.45, 7) is 4.44. The van der Waals surface area contributed by atoms with E-state index in [1.165, 1.54) is 17.0 Å². The second-order valence-electron chi connectivity index (χ2n) is 11.0. The molecule has 2 aliphatic rings. The van der Waals surface area contributed by atoms with Gasteiger partial charge >= 0.3 is 12.1 Å². The third kappa shape index (κ3) is 6.39. The lowest BCUT2D eigenvalue weighted by Gasteiger charge is -2.46. The van der Waals surface area contributed by atoms with Gasteiger partial charge in [-0.2, -0.15) is 0 Å². The number of nitrogens with zero attached hydrogens (tertiary/aromatic N) is 6. The summed E-state index contributed by atoms with van der Waals surface area (Å²) in [6.07, 6.45) is 2.03. The third-order valence-electron chi connectivity index (χ3n) is 7.69. The van der Waals surface area contributed by atoms with Crippen LogP contribution in [-0.4, -0.2) is 87.0 Å². The van der Waals surface area contributed by atoms with Crippen LogP contribution in [0.5, 0.6) is 0 Å². The summed E-state index contributed by atoms with van der Waals surface area (Å²) in [6, 6.07) is 13.5. The highest BCUT2D eigenvalue weighted by Crippen LogP contribution is 2.27. The van der Waals surface area contributed by atoms with Crippen LogP contribution >= 0.6 is 0 Å². The molecule has 0 aliphatic carbocycles. The van der Waals surface area contributed by atoms with Gasteiger partial charge in [0.05, 0.1) is 12.1 Å². The maximum atomic E-state index is 13.3. The first-order chi connectivity index (χ1) is 19.2. The fourth-order valence-corrected chi connectivity index (χ4v) is 5.66. The molecule has 2 N–H and O–H groups in total. The highest BCUT2D eigenvalue weighted by atomic mass is 19.1. The van der Waals surface area contributed by atoms with Gasteiger partial charge in [0.15, 0.2) is 5.82 Å². The van der Waals surface area contributed by atoms with Crippen molar-refractivity contribution < 1.29 is 18.7 Å². The first-order valence-corrected chi connectivity index (χ1v) is 13.5. The van der Waals surface area contributed by atoms with E-state index >= 15 is 0 Å².